The van der Waals surface area contributed by atoms with E-state index >= 15 is 0 Å². The first-order valence-electron chi connectivity index (χ1n) is 8.70. The fourth-order valence-electron chi connectivity index (χ4n) is 5.83. The molecule has 21 heavy (non-hydrogen) atoms. The fraction of sp³-hybridized carbons (Fsp3) is 0.619. The lowest BCUT2D eigenvalue weighted by atomic mass is 9.72. The van der Waals surface area contributed by atoms with Crippen LogP contribution in [0.3, 0.4) is 0 Å². The number of rotatable bonds is 0. The second-order valence-electron chi connectivity index (χ2n) is 8.83. The van der Waals surface area contributed by atoms with Gasteiger partial charge in [-0.05, 0) is 71.6 Å². The molecule has 0 aromatic heterocycles. The van der Waals surface area contributed by atoms with Gasteiger partial charge < -0.3 is 0 Å². The molecule has 0 aromatic carbocycles. The molecule has 0 unspecified atom stereocenters. The predicted molar refractivity (Wildman–Crippen MR) is 90.0 cm³/mol. The van der Waals surface area contributed by atoms with Gasteiger partial charge in [-0.15, -0.1) is 0 Å². The summed E-state index contributed by atoms with van der Waals surface area (Å²) in [7, 11) is 0. The van der Waals surface area contributed by atoms with Crippen LogP contribution in [0.25, 0.3) is 0 Å². The standard InChI is InChI=1S/C21H28/c1-19(2)13-21(17-11-7-5-9-15(17)19)14-20(3,4)16-10-6-8-12-18(16)21/h9-12H,5-8,13-14H2,1-4H3. The average Bonchev–Trinajstić information content (AvgIpc) is 2.81. The van der Waals surface area contributed by atoms with Crippen molar-refractivity contribution in [3.63, 3.8) is 0 Å². The summed E-state index contributed by atoms with van der Waals surface area (Å²) in [5.74, 6) is 0. The van der Waals surface area contributed by atoms with Crippen LogP contribution in [0, 0.1) is 16.2 Å². The number of hydrogen-bond acceptors (Lipinski definition) is 0. The molecular weight excluding hydrogens is 252 g/mol. The Labute approximate surface area is 129 Å². The van der Waals surface area contributed by atoms with E-state index in [9.17, 15) is 0 Å². The maximum Gasteiger partial charge on any atom is 0.0218 e. The van der Waals surface area contributed by atoms with Crippen LogP contribution in [0.15, 0.2) is 46.6 Å². The Morgan fingerprint density at radius 1 is 0.571 bits per heavy atom. The van der Waals surface area contributed by atoms with Gasteiger partial charge in [-0.3, -0.25) is 0 Å². The Bertz CT molecular complexity index is 560. The second kappa shape index (κ2) is 4.03. The summed E-state index contributed by atoms with van der Waals surface area (Å²) in [6, 6.07) is 0. The van der Waals surface area contributed by atoms with E-state index < -0.39 is 0 Å². The highest BCUT2D eigenvalue weighted by Crippen LogP contribution is 2.71. The van der Waals surface area contributed by atoms with E-state index in [2.05, 4.69) is 52.0 Å². The van der Waals surface area contributed by atoms with Gasteiger partial charge in [0.2, 0.25) is 0 Å². The molecule has 0 nitrogen and oxygen atoms in total. The molecule has 112 valence electrons. The van der Waals surface area contributed by atoms with Crippen molar-refractivity contribution in [2.45, 2.75) is 66.2 Å². The van der Waals surface area contributed by atoms with Gasteiger partial charge >= 0.3 is 0 Å². The first-order valence-corrected chi connectivity index (χ1v) is 8.70. The molecule has 0 aromatic rings. The molecule has 0 aliphatic heterocycles. The van der Waals surface area contributed by atoms with Crippen LogP contribution in [-0.2, 0) is 0 Å². The Morgan fingerprint density at radius 3 is 1.29 bits per heavy atom. The monoisotopic (exact) mass is 280 g/mol. The van der Waals surface area contributed by atoms with E-state index in [-0.39, 0.29) is 0 Å². The van der Waals surface area contributed by atoms with Crippen LogP contribution >= 0.6 is 0 Å². The van der Waals surface area contributed by atoms with Crippen molar-refractivity contribution in [2.75, 3.05) is 0 Å². The van der Waals surface area contributed by atoms with Crippen LogP contribution in [-0.4, -0.2) is 0 Å². The van der Waals surface area contributed by atoms with Crippen LogP contribution in [0.5, 0.6) is 0 Å². The Hall–Kier alpha value is -1.04. The Balaban J connectivity index is 1.93. The zero-order chi connectivity index (χ0) is 14.9. The van der Waals surface area contributed by atoms with Gasteiger partial charge in [-0.2, -0.15) is 0 Å². The van der Waals surface area contributed by atoms with Crippen molar-refractivity contribution in [3.05, 3.63) is 46.6 Å². The van der Waals surface area contributed by atoms with Gasteiger partial charge in [0.1, 0.15) is 0 Å². The molecule has 0 heteroatoms. The third kappa shape index (κ3) is 1.68. The van der Waals surface area contributed by atoms with Crippen LogP contribution < -0.4 is 0 Å². The van der Waals surface area contributed by atoms with E-state index in [1.165, 1.54) is 38.5 Å². The molecule has 0 saturated heterocycles. The molecule has 0 atom stereocenters. The van der Waals surface area contributed by atoms with Gasteiger partial charge in [-0.25, -0.2) is 0 Å². The highest BCUT2D eigenvalue weighted by Gasteiger charge is 2.59. The zero-order valence-electron chi connectivity index (χ0n) is 14.1. The largest absolute Gasteiger partial charge is 0.0802 e. The van der Waals surface area contributed by atoms with Crippen LogP contribution in [0.4, 0.5) is 0 Å². The topological polar surface area (TPSA) is 0 Å². The van der Waals surface area contributed by atoms with Crippen molar-refractivity contribution in [2.24, 2.45) is 16.2 Å². The molecule has 2 fully saturated rings. The lowest BCUT2D eigenvalue weighted by Gasteiger charge is -2.30. The summed E-state index contributed by atoms with van der Waals surface area (Å²) in [4.78, 5) is 0. The van der Waals surface area contributed by atoms with Gasteiger partial charge in [-0.1, -0.05) is 52.0 Å². The van der Waals surface area contributed by atoms with Gasteiger partial charge in [0.05, 0.1) is 0 Å². The minimum absolute atomic E-state index is 0.325. The van der Waals surface area contributed by atoms with Crippen LogP contribution in [0.2, 0.25) is 0 Å². The molecule has 4 aliphatic carbocycles. The summed E-state index contributed by atoms with van der Waals surface area (Å²) >= 11 is 0. The van der Waals surface area contributed by atoms with Gasteiger partial charge in [0.25, 0.3) is 0 Å². The molecule has 0 heterocycles. The molecule has 0 N–H and O–H groups in total. The maximum atomic E-state index is 2.58. The highest BCUT2D eigenvalue weighted by atomic mass is 14.6. The Morgan fingerprint density at radius 2 is 0.905 bits per heavy atom. The minimum Gasteiger partial charge on any atom is -0.0802 e. The molecule has 4 rings (SSSR count). The molecular formula is C21H28. The van der Waals surface area contributed by atoms with Crippen molar-refractivity contribution in [3.8, 4) is 0 Å². The lowest BCUT2D eigenvalue weighted by molar-refractivity contribution is 0.287. The molecule has 2 saturated carbocycles. The van der Waals surface area contributed by atoms with Crippen molar-refractivity contribution >= 4 is 0 Å². The van der Waals surface area contributed by atoms with E-state index in [0.29, 0.717) is 16.2 Å². The van der Waals surface area contributed by atoms with Crippen molar-refractivity contribution in [1.82, 2.24) is 0 Å². The van der Waals surface area contributed by atoms with E-state index in [1.54, 1.807) is 22.3 Å². The quantitative estimate of drug-likeness (QED) is 0.501. The molecule has 4 aliphatic rings. The highest BCUT2D eigenvalue weighted by molar-refractivity contribution is 5.62. The summed E-state index contributed by atoms with van der Waals surface area (Å²) in [5, 5.41) is 0. The molecule has 0 amide bonds. The van der Waals surface area contributed by atoms with Crippen molar-refractivity contribution < 1.29 is 0 Å². The van der Waals surface area contributed by atoms with E-state index in [1.807, 2.05) is 0 Å². The maximum absolute atomic E-state index is 2.58. The smallest absolute Gasteiger partial charge is 0.0218 e. The predicted octanol–water partition coefficient (Wildman–Crippen LogP) is 6.13. The SMILES string of the molecule is CC1(C)CC2(CC(C)(C)C3=CCCC=C32)C2=CCCC=C21. The molecule has 0 bridgehead atoms. The summed E-state index contributed by atoms with van der Waals surface area (Å²) < 4.78 is 0. The number of fused-ring (bicyclic) bond motifs is 4. The van der Waals surface area contributed by atoms with E-state index in [4.69, 9.17) is 0 Å². The third-order valence-corrected chi connectivity index (χ3v) is 6.28. The lowest BCUT2D eigenvalue weighted by Crippen LogP contribution is -2.20. The second-order valence-corrected chi connectivity index (χ2v) is 8.83. The van der Waals surface area contributed by atoms with E-state index in [0.717, 1.165) is 0 Å². The first kappa shape index (κ1) is 13.6. The van der Waals surface area contributed by atoms with Crippen LogP contribution in [0.1, 0.15) is 66.2 Å². The number of hydrogen-bond donors (Lipinski definition) is 0. The zero-order valence-corrected chi connectivity index (χ0v) is 14.1. The average molecular weight is 280 g/mol. The van der Waals surface area contributed by atoms with Gasteiger partial charge in [0.15, 0.2) is 0 Å². The third-order valence-electron chi connectivity index (χ3n) is 6.28. The fourth-order valence-corrected chi connectivity index (χ4v) is 5.83. The first-order chi connectivity index (χ1) is 9.87. The summed E-state index contributed by atoms with van der Waals surface area (Å²) in [6.45, 7) is 9.85. The summed E-state index contributed by atoms with van der Waals surface area (Å²) in [6.07, 6.45) is 17.8. The minimum atomic E-state index is 0.325. The number of allylic oxidation sites excluding steroid dienone is 8. The normalized spacial score (nSPS) is 31.0. The molecule has 0 radical (unpaired) electrons. The van der Waals surface area contributed by atoms with Crippen molar-refractivity contribution in [1.29, 1.82) is 0 Å². The van der Waals surface area contributed by atoms with Gasteiger partial charge in [0, 0.05) is 5.41 Å². The summed E-state index contributed by atoms with van der Waals surface area (Å²) in [5.41, 5.74) is 7.73. The Kier molecular flexibility index (Phi) is 2.61. The molecule has 1 spiro atoms.